The smallest absolute Gasteiger partial charge is 0.137 e. The van der Waals surface area contributed by atoms with E-state index in [0.29, 0.717) is 0 Å². The molecule has 3 aromatic heterocycles. The summed E-state index contributed by atoms with van der Waals surface area (Å²) in [7, 11) is 0. The van der Waals surface area contributed by atoms with Gasteiger partial charge in [-0.1, -0.05) is 127 Å². The Labute approximate surface area is 292 Å². The average Bonchev–Trinajstić information content (AvgIpc) is 3.86. The maximum absolute atomic E-state index is 6.49. The zero-order valence-electron chi connectivity index (χ0n) is 27.5. The molecule has 236 valence electrons. The lowest BCUT2D eigenvalue weighted by Gasteiger charge is -2.28. The Balaban J connectivity index is 1.27. The van der Waals surface area contributed by atoms with Crippen LogP contribution in [0.5, 0.6) is 0 Å². The summed E-state index contributed by atoms with van der Waals surface area (Å²) < 4.78 is 8.99. The van der Waals surface area contributed by atoms with E-state index in [-0.39, 0.29) is 0 Å². The van der Waals surface area contributed by atoms with Crippen LogP contribution in [-0.2, 0) is 0 Å². The molecule has 0 unspecified atom stereocenters. The van der Waals surface area contributed by atoms with Crippen LogP contribution in [0.1, 0.15) is 0 Å². The highest BCUT2D eigenvalue weighted by Gasteiger charge is 2.25. The number of anilines is 3. The van der Waals surface area contributed by atoms with Crippen LogP contribution in [0.2, 0.25) is 0 Å². The molecule has 9 aromatic carbocycles. The Kier molecular flexibility index (Phi) is 5.23. The fourth-order valence-corrected chi connectivity index (χ4v) is 9.02. The third-order valence-electron chi connectivity index (χ3n) is 11.1. The molecule has 0 saturated carbocycles. The van der Waals surface area contributed by atoms with Crippen molar-refractivity contribution in [3.05, 3.63) is 170 Å². The molecule has 51 heavy (non-hydrogen) atoms. The van der Waals surface area contributed by atoms with Gasteiger partial charge in [0.2, 0.25) is 0 Å². The standard InChI is InChI=1S/C48H28N2O/c1-2-14-32-30(12-1)31-13-3-4-15-33(31)40-28-29(26-27-34(32)40)49(42-22-11-25-45-46(42)39-17-6-8-24-44(39)51-45)43-23-10-20-38-37-19-9-18-36-35-16-5-7-21-41(35)50(47(36)37)48(38)43/h1-28H. The SMILES string of the molecule is c1ccc2c(c1)oc1cccc(N(c3ccc4c5ccccc5c5ccccc5c4c3)c3cccc4c5cccc6c7ccccc7n(c34)c65)c12. The molecule has 0 atom stereocenters. The number of rotatable bonds is 3. The molecule has 12 aromatic rings. The van der Waals surface area contributed by atoms with Gasteiger partial charge in [-0.25, -0.2) is 0 Å². The van der Waals surface area contributed by atoms with Gasteiger partial charge in [0.25, 0.3) is 0 Å². The molecule has 0 N–H and O–H groups in total. The average molecular weight is 649 g/mol. The number of nitrogens with zero attached hydrogens (tertiary/aromatic N) is 2. The Morgan fingerprint density at radius 3 is 1.63 bits per heavy atom. The van der Waals surface area contributed by atoms with E-state index in [4.69, 9.17) is 4.42 Å². The van der Waals surface area contributed by atoms with Crippen LogP contribution in [0.25, 0.3) is 92.4 Å². The van der Waals surface area contributed by atoms with Crippen molar-refractivity contribution < 1.29 is 4.42 Å². The fourth-order valence-electron chi connectivity index (χ4n) is 9.02. The first kappa shape index (κ1) is 27.0. The summed E-state index contributed by atoms with van der Waals surface area (Å²) in [5.74, 6) is 0. The van der Waals surface area contributed by atoms with E-state index in [1.54, 1.807) is 0 Å². The molecule has 3 heterocycles. The maximum atomic E-state index is 6.49. The maximum Gasteiger partial charge on any atom is 0.137 e. The van der Waals surface area contributed by atoms with Gasteiger partial charge in [-0.3, -0.25) is 0 Å². The lowest BCUT2D eigenvalue weighted by atomic mass is 9.94. The van der Waals surface area contributed by atoms with Crippen LogP contribution < -0.4 is 4.90 Å². The quantitative estimate of drug-likeness (QED) is 0.178. The van der Waals surface area contributed by atoms with Crippen molar-refractivity contribution in [2.45, 2.75) is 0 Å². The van der Waals surface area contributed by atoms with Gasteiger partial charge in [0.05, 0.1) is 33.3 Å². The van der Waals surface area contributed by atoms with E-state index in [1.165, 1.54) is 70.4 Å². The van der Waals surface area contributed by atoms with E-state index in [0.717, 1.165) is 39.0 Å². The van der Waals surface area contributed by atoms with Crippen LogP contribution in [-0.4, -0.2) is 4.40 Å². The van der Waals surface area contributed by atoms with E-state index in [9.17, 15) is 0 Å². The van der Waals surface area contributed by atoms with Gasteiger partial charge in [-0.15, -0.1) is 0 Å². The van der Waals surface area contributed by atoms with Crippen molar-refractivity contribution in [1.82, 2.24) is 4.40 Å². The Morgan fingerprint density at radius 1 is 0.353 bits per heavy atom. The minimum absolute atomic E-state index is 0.876. The minimum atomic E-state index is 0.876. The molecule has 0 amide bonds. The number of aromatic nitrogens is 1. The molecule has 0 saturated heterocycles. The van der Waals surface area contributed by atoms with Crippen LogP contribution in [0.4, 0.5) is 17.1 Å². The molecule has 12 rings (SSSR count). The van der Waals surface area contributed by atoms with E-state index < -0.39 is 0 Å². The molecule has 0 bridgehead atoms. The summed E-state index contributed by atoms with van der Waals surface area (Å²) in [5.41, 5.74) is 8.74. The molecule has 0 spiro atoms. The van der Waals surface area contributed by atoms with Crippen molar-refractivity contribution in [2.75, 3.05) is 4.90 Å². The molecule has 0 fully saturated rings. The van der Waals surface area contributed by atoms with Gasteiger partial charge in [0.1, 0.15) is 11.2 Å². The molecule has 3 heteroatoms. The molecule has 0 radical (unpaired) electrons. The lowest BCUT2D eigenvalue weighted by molar-refractivity contribution is 0.669. The largest absolute Gasteiger partial charge is 0.456 e. The Bertz CT molecular complexity index is 3350. The second-order valence-electron chi connectivity index (χ2n) is 13.6. The van der Waals surface area contributed by atoms with Gasteiger partial charge in [-0.2, -0.15) is 0 Å². The summed E-state index contributed by atoms with van der Waals surface area (Å²) in [6.45, 7) is 0. The van der Waals surface area contributed by atoms with Crippen molar-refractivity contribution in [1.29, 1.82) is 0 Å². The number of fused-ring (bicyclic) bond motifs is 15. The highest BCUT2D eigenvalue weighted by Crippen LogP contribution is 2.49. The monoisotopic (exact) mass is 648 g/mol. The molecule has 0 aliphatic rings. The van der Waals surface area contributed by atoms with Crippen LogP contribution in [0.3, 0.4) is 0 Å². The summed E-state index contributed by atoms with van der Waals surface area (Å²) in [6.07, 6.45) is 0. The van der Waals surface area contributed by atoms with Crippen LogP contribution in [0, 0.1) is 0 Å². The molecule has 0 aliphatic heterocycles. The zero-order valence-corrected chi connectivity index (χ0v) is 27.5. The van der Waals surface area contributed by atoms with E-state index in [2.05, 4.69) is 173 Å². The summed E-state index contributed by atoms with van der Waals surface area (Å²) >= 11 is 0. The van der Waals surface area contributed by atoms with E-state index >= 15 is 0 Å². The van der Waals surface area contributed by atoms with Crippen molar-refractivity contribution in [3.8, 4) is 0 Å². The second kappa shape index (κ2) is 9.87. The molecule has 0 aliphatic carbocycles. The first-order valence-electron chi connectivity index (χ1n) is 17.5. The number of benzene rings is 9. The number of para-hydroxylation sites is 4. The summed E-state index contributed by atoms with van der Waals surface area (Å²) in [5, 5.41) is 14.8. The first-order valence-corrected chi connectivity index (χ1v) is 17.5. The Morgan fingerprint density at radius 2 is 0.863 bits per heavy atom. The Hall–Kier alpha value is -6.84. The second-order valence-corrected chi connectivity index (χ2v) is 13.6. The van der Waals surface area contributed by atoms with Crippen LogP contribution in [0.15, 0.2) is 174 Å². The number of hydrogen-bond acceptors (Lipinski definition) is 2. The predicted molar refractivity (Wildman–Crippen MR) is 216 cm³/mol. The van der Waals surface area contributed by atoms with Gasteiger partial charge >= 0.3 is 0 Å². The summed E-state index contributed by atoms with van der Waals surface area (Å²) in [6, 6.07) is 61.8. The lowest BCUT2D eigenvalue weighted by Crippen LogP contribution is -2.11. The summed E-state index contributed by atoms with van der Waals surface area (Å²) in [4.78, 5) is 2.47. The molecule has 3 nitrogen and oxygen atoms in total. The van der Waals surface area contributed by atoms with Gasteiger partial charge in [0.15, 0.2) is 0 Å². The number of furan rings is 1. The fraction of sp³-hybridized carbons (Fsp3) is 0. The topological polar surface area (TPSA) is 20.8 Å². The third-order valence-corrected chi connectivity index (χ3v) is 11.1. The molecular formula is C48H28N2O. The van der Waals surface area contributed by atoms with Crippen molar-refractivity contribution in [3.63, 3.8) is 0 Å². The predicted octanol–water partition coefficient (Wildman–Crippen LogP) is 13.7. The van der Waals surface area contributed by atoms with Gasteiger partial charge < -0.3 is 13.7 Å². The normalized spacial score (nSPS) is 12.3. The highest BCUT2D eigenvalue weighted by molar-refractivity contribution is 6.28. The van der Waals surface area contributed by atoms with Gasteiger partial charge in [0, 0.05) is 32.6 Å². The van der Waals surface area contributed by atoms with Gasteiger partial charge in [-0.05, 0) is 74.8 Å². The molecular weight excluding hydrogens is 621 g/mol. The number of hydrogen-bond donors (Lipinski definition) is 0. The highest BCUT2D eigenvalue weighted by atomic mass is 16.3. The first-order chi connectivity index (χ1) is 25.3. The van der Waals surface area contributed by atoms with Crippen LogP contribution >= 0.6 is 0 Å². The van der Waals surface area contributed by atoms with Crippen molar-refractivity contribution >= 4 is 109 Å². The zero-order chi connectivity index (χ0) is 33.2. The van der Waals surface area contributed by atoms with E-state index in [1.807, 2.05) is 6.07 Å². The van der Waals surface area contributed by atoms with Crippen molar-refractivity contribution in [2.24, 2.45) is 0 Å². The third kappa shape index (κ3) is 3.52. The minimum Gasteiger partial charge on any atom is -0.456 e.